The third kappa shape index (κ3) is 5.41. The van der Waals surface area contributed by atoms with Gasteiger partial charge < -0.3 is 4.74 Å². The van der Waals surface area contributed by atoms with Crippen molar-refractivity contribution in [2.24, 2.45) is 5.92 Å². The standard InChI is InChI=1S/C24H25F5O/c1-2-3-4-5-16-6-8-17(9-7-16)18-10-12-19(13-11-18)24(28,29)30-20-14-21(25)23(27)22(26)15-20/h2,10-17H,1,3-9H2. The van der Waals surface area contributed by atoms with E-state index in [1.54, 1.807) is 12.1 Å². The van der Waals surface area contributed by atoms with Crippen LogP contribution in [-0.2, 0) is 6.11 Å². The highest BCUT2D eigenvalue weighted by atomic mass is 19.3. The number of ether oxygens (including phenoxy) is 1. The summed E-state index contributed by atoms with van der Waals surface area (Å²) in [7, 11) is 0. The Bertz CT molecular complexity index is 831. The molecule has 0 radical (unpaired) electrons. The fourth-order valence-corrected chi connectivity index (χ4v) is 4.08. The van der Waals surface area contributed by atoms with Gasteiger partial charge in [-0.3, -0.25) is 0 Å². The Kier molecular flexibility index (Phi) is 7.16. The van der Waals surface area contributed by atoms with Gasteiger partial charge in [0.25, 0.3) is 0 Å². The van der Waals surface area contributed by atoms with E-state index in [9.17, 15) is 22.0 Å². The van der Waals surface area contributed by atoms with Crippen LogP contribution in [0.5, 0.6) is 5.75 Å². The van der Waals surface area contributed by atoms with Crippen LogP contribution in [-0.4, -0.2) is 0 Å². The number of hydrogen-bond donors (Lipinski definition) is 0. The van der Waals surface area contributed by atoms with Gasteiger partial charge in [0.05, 0.1) is 5.56 Å². The number of allylic oxidation sites excluding steroid dienone is 1. The lowest BCUT2D eigenvalue weighted by Crippen LogP contribution is -2.22. The molecular formula is C24H25F5O. The first-order chi connectivity index (χ1) is 14.3. The van der Waals surface area contributed by atoms with Gasteiger partial charge in [0.15, 0.2) is 17.5 Å². The van der Waals surface area contributed by atoms with E-state index in [4.69, 9.17) is 0 Å². The van der Waals surface area contributed by atoms with Crippen molar-refractivity contribution < 1.29 is 26.7 Å². The lowest BCUT2D eigenvalue weighted by molar-refractivity contribution is -0.185. The van der Waals surface area contributed by atoms with E-state index in [1.807, 2.05) is 6.08 Å². The molecule has 1 aliphatic carbocycles. The maximum atomic E-state index is 14.4. The molecule has 1 saturated carbocycles. The molecule has 30 heavy (non-hydrogen) atoms. The van der Waals surface area contributed by atoms with Crippen LogP contribution in [0.4, 0.5) is 22.0 Å². The molecular weight excluding hydrogens is 399 g/mol. The van der Waals surface area contributed by atoms with Gasteiger partial charge in [0.2, 0.25) is 0 Å². The van der Waals surface area contributed by atoms with Gasteiger partial charge in [0, 0.05) is 12.1 Å². The van der Waals surface area contributed by atoms with Gasteiger partial charge in [-0.15, -0.1) is 6.58 Å². The molecule has 0 bridgehead atoms. The topological polar surface area (TPSA) is 9.23 Å². The first-order valence-electron chi connectivity index (χ1n) is 10.2. The molecule has 0 heterocycles. The number of rotatable bonds is 8. The normalized spacial score (nSPS) is 19.5. The number of halogens is 5. The average molecular weight is 424 g/mol. The molecule has 0 atom stereocenters. The monoisotopic (exact) mass is 424 g/mol. The molecule has 1 aliphatic rings. The van der Waals surface area contributed by atoms with Gasteiger partial charge >= 0.3 is 6.11 Å². The number of unbranched alkanes of at least 4 members (excludes halogenated alkanes) is 1. The minimum absolute atomic E-state index is 0.338. The Morgan fingerprint density at radius 1 is 0.967 bits per heavy atom. The zero-order valence-electron chi connectivity index (χ0n) is 16.7. The number of hydrogen-bond acceptors (Lipinski definition) is 1. The molecule has 2 aromatic rings. The molecule has 1 nitrogen and oxygen atoms in total. The van der Waals surface area contributed by atoms with Crippen molar-refractivity contribution in [3.8, 4) is 5.75 Å². The van der Waals surface area contributed by atoms with Crippen molar-refractivity contribution >= 4 is 0 Å². The smallest absolute Gasteiger partial charge is 0.426 e. The van der Waals surface area contributed by atoms with Crippen LogP contribution in [0.25, 0.3) is 0 Å². The lowest BCUT2D eigenvalue weighted by Gasteiger charge is -2.29. The minimum atomic E-state index is -3.81. The molecule has 0 aromatic heterocycles. The molecule has 6 heteroatoms. The summed E-state index contributed by atoms with van der Waals surface area (Å²) in [5.74, 6) is -4.63. The molecule has 2 aromatic carbocycles. The second kappa shape index (κ2) is 9.63. The Hall–Kier alpha value is -2.37. The summed E-state index contributed by atoms with van der Waals surface area (Å²) < 4.78 is 72.8. The van der Waals surface area contributed by atoms with E-state index in [1.165, 1.54) is 18.6 Å². The molecule has 162 valence electrons. The van der Waals surface area contributed by atoms with Gasteiger partial charge in [-0.25, -0.2) is 13.2 Å². The van der Waals surface area contributed by atoms with Crippen molar-refractivity contribution in [1.82, 2.24) is 0 Å². The molecule has 1 fully saturated rings. The third-order valence-electron chi connectivity index (χ3n) is 5.79. The Morgan fingerprint density at radius 2 is 1.57 bits per heavy atom. The fourth-order valence-electron chi connectivity index (χ4n) is 4.08. The highest BCUT2D eigenvalue weighted by Gasteiger charge is 2.35. The van der Waals surface area contributed by atoms with Crippen LogP contribution in [0.2, 0.25) is 0 Å². The highest BCUT2D eigenvalue weighted by Crippen LogP contribution is 2.39. The first-order valence-corrected chi connectivity index (χ1v) is 10.2. The summed E-state index contributed by atoms with van der Waals surface area (Å²) in [6.07, 6.45) is 5.84. The van der Waals surface area contributed by atoms with Gasteiger partial charge in [-0.2, -0.15) is 8.78 Å². The Labute approximate surface area is 173 Å². The summed E-state index contributed by atoms with van der Waals surface area (Å²) in [5.41, 5.74) is 0.562. The molecule has 0 spiro atoms. The molecule has 0 amide bonds. The first kappa shape index (κ1) is 22.3. The fraction of sp³-hybridized carbons (Fsp3) is 0.417. The van der Waals surface area contributed by atoms with E-state index in [0.29, 0.717) is 18.1 Å². The number of benzene rings is 2. The summed E-state index contributed by atoms with van der Waals surface area (Å²) in [5, 5.41) is 0. The lowest BCUT2D eigenvalue weighted by atomic mass is 9.77. The summed E-state index contributed by atoms with van der Waals surface area (Å²) in [6.45, 7) is 3.74. The highest BCUT2D eigenvalue weighted by molar-refractivity contribution is 5.30. The molecule has 3 rings (SSSR count). The van der Waals surface area contributed by atoms with Crippen LogP contribution < -0.4 is 4.74 Å². The molecule has 0 aliphatic heterocycles. The number of alkyl halides is 2. The van der Waals surface area contributed by atoms with Crippen LogP contribution in [0, 0.1) is 23.4 Å². The van der Waals surface area contributed by atoms with Crippen molar-refractivity contribution in [2.45, 2.75) is 57.0 Å². The summed E-state index contributed by atoms with van der Waals surface area (Å²) >= 11 is 0. The average Bonchev–Trinajstić information content (AvgIpc) is 2.72. The minimum Gasteiger partial charge on any atom is -0.429 e. The van der Waals surface area contributed by atoms with E-state index in [0.717, 1.165) is 50.0 Å². The van der Waals surface area contributed by atoms with Crippen molar-refractivity contribution in [3.05, 3.63) is 77.6 Å². The molecule has 0 unspecified atom stereocenters. The second-order valence-electron chi connectivity index (χ2n) is 7.88. The van der Waals surface area contributed by atoms with Crippen molar-refractivity contribution in [3.63, 3.8) is 0 Å². The predicted octanol–water partition coefficient (Wildman–Crippen LogP) is 7.86. The largest absolute Gasteiger partial charge is 0.429 e. The van der Waals surface area contributed by atoms with E-state index < -0.39 is 34.9 Å². The van der Waals surface area contributed by atoms with E-state index >= 15 is 0 Å². The predicted molar refractivity (Wildman–Crippen MR) is 106 cm³/mol. The Morgan fingerprint density at radius 3 is 2.13 bits per heavy atom. The maximum absolute atomic E-state index is 14.4. The summed E-state index contributed by atoms with van der Waals surface area (Å²) in [4.78, 5) is 0. The van der Waals surface area contributed by atoms with Crippen LogP contribution >= 0.6 is 0 Å². The van der Waals surface area contributed by atoms with Crippen LogP contribution in [0.15, 0.2) is 49.1 Å². The quantitative estimate of drug-likeness (QED) is 0.181. The summed E-state index contributed by atoms with van der Waals surface area (Å²) in [6, 6.07) is 6.63. The second-order valence-corrected chi connectivity index (χ2v) is 7.88. The third-order valence-corrected chi connectivity index (χ3v) is 5.79. The van der Waals surface area contributed by atoms with E-state index in [2.05, 4.69) is 11.3 Å². The zero-order valence-corrected chi connectivity index (χ0v) is 16.7. The SMILES string of the molecule is C=CCCCC1CCC(c2ccc(C(F)(F)Oc3cc(F)c(F)c(F)c3)cc2)CC1. The van der Waals surface area contributed by atoms with Crippen molar-refractivity contribution in [1.29, 1.82) is 0 Å². The van der Waals surface area contributed by atoms with Crippen molar-refractivity contribution in [2.75, 3.05) is 0 Å². The van der Waals surface area contributed by atoms with Crippen LogP contribution in [0.1, 0.15) is 62.0 Å². The van der Waals surface area contributed by atoms with Gasteiger partial charge in [-0.05, 0) is 68.1 Å². The molecule has 0 N–H and O–H groups in total. The maximum Gasteiger partial charge on any atom is 0.426 e. The van der Waals surface area contributed by atoms with Gasteiger partial charge in [-0.1, -0.05) is 24.6 Å². The zero-order chi connectivity index (χ0) is 21.7. The molecule has 0 saturated heterocycles. The van der Waals surface area contributed by atoms with E-state index in [-0.39, 0.29) is 0 Å². The Balaban J connectivity index is 1.61. The van der Waals surface area contributed by atoms with Gasteiger partial charge in [0.1, 0.15) is 5.75 Å². The van der Waals surface area contributed by atoms with Crippen LogP contribution in [0.3, 0.4) is 0 Å².